The van der Waals surface area contributed by atoms with Crippen molar-refractivity contribution < 1.29 is 9.59 Å². The van der Waals surface area contributed by atoms with Crippen LogP contribution >= 0.6 is 23.5 Å². The van der Waals surface area contributed by atoms with Crippen molar-refractivity contribution in [2.75, 3.05) is 25.6 Å². The number of hydrogen-bond donors (Lipinski definition) is 2. The van der Waals surface area contributed by atoms with Crippen molar-refractivity contribution in [3.05, 3.63) is 0 Å². The molecule has 17 heavy (non-hydrogen) atoms. The van der Waals surface area contributed by atoms with Crippen LogP contribution in [0.15, 0.2) is 0 Å². The quantitative estimate of drug-likeness (QED) is 0.660. The fourth-order valence-corrected chi connectivity index (χ4v) is 3.46. The normalized spacial score (nSPS) is 11.1. The first kappa shape index (κ1) is 16.6. The van der Waals surface area contributed by atoms with Gasteiger partial charge < -0.3 is 10.6 Å². The van der Waals surface area contributed by atoms with Crippen molar-refractivity contribution in [1.29, 1.82) is 0 Å². The summed E-state index contributed by atoms with van der Waals surface area (Å²) in [6.45, 7) is 4.24. The van der Waals surface area contributed by atoms with Crippen molar-refractivity contribution in [3.8, 4) is 0 Å². The molecule has 0 rings (SSSR count). The first-order valence-corrected chi connectivity index (χ1v) is 7.57. The van der Waals surface area contributed by atoms with Crippen molar-refractivity contribution >= 4 is 35.3 Å². The van der Waals surface area contributed by atoms with E-state index in [-0.39, 0.29) is 15.9 Å². The first-order chi connectivity index (χ1) is 7.91. The van der Waals surface area contributed by atoms with Crippen molar-refractivity contribution in [1.82, 2.24) is 10.6 Å². The maximum atomic E-state index is 11.1. The van der Waals surface area contributed by atoms with Gasteiger partial charge in [-0.25, -0.2) is 0 Å². The summed E-state index contributed by atoms with van der Waals surface area (Å²) in [4.78, 5) is 22.1. The zero-order valence-electron chi connectivity index (χ0n) is 11.0. The van der Waals surface area contributed by atoms with E-state index in [1.54, 1.807) is 37.6 Å². The third-order valence-corrected chi connectivity index (χ3v) is 5.03. The van der Waals surface area contributed by atoms with Gasteiger partial charge in [0.05, 0.1) is 4.08 Å². The zero-order valence-corrected chi connectivity index (χ0v) is 12.6. The Labute approximate surface area is 112 Å². The number of thioether (sulfide) groups is 2. The highest BCUT2D eigenvalue weighted by Crippen LogP contribution is 2.36. The monoisotopic (exact) mass is 278 g/mol. The highest BCUT2D eigenvalue weighted by Gasteiger charge is 2.19. The van der Waals surface area contributed by atoms with Crippen LogP contribution in [-0.2, 0) is 9.59 Å². The highest BCUT2D eigenvalue weighted by molar-refractivity contribution is 8.18. The SMILES string of the molecule is CNC(=O)CCSC(C)(C)SCCC(=O)NC. The van der Waals surface area contributed by atoms with Gasteiger partial charge in [0.15, 0.2) is 0 Å². The van der Waals surface area contributed by atoms with Crippen LogP contribution in [0, 0.1) is 0 Å². The maximum Gasteiger partial charge on any atom is 0.220 e. The molecular weight excluding hydrogens is 256 g/mol. The summed E-state index contributed by atoms with van der Waals surface area (Å²) < 4.78 is 0.0437. The molecule has 0 atom stereocenters. The van der Waals surface area contributed by atoms with E-state index in [4.69, 9.17) is 0 Å². The van der Waals surface area contributed by atoms with E-state index in [2.05, 4.69) is 24.5 Å². The second-order valence-corrected chi connectivity index (χ2v) is 7.64. The molecule has 0 saturated heterocycles. The Balaban J connectivity index is 3.72. The fourth-order valence-electron chi connectivity index (χ4n) is 1.07. The lowest BCUT2D eigenvalue weighted by atomic mass is 10.5. The Morgan fingerprint density at radius 3 is 1.59 bits per heavy atom. The third-order valence-electron chi connectivity index (χ3n) is 2.12. The lowest BCUT2D eigenvalue weighted by Crippen LogP contribution is -2.21. The largest absolute Gasteiger partial charge is 0.359 e. The summed E-state index contributed by atoms with van der Waals surface area (Å²) in [6, 6.07) is 0. The standard InChI is InChI=1S/C11H22N2O2S2/c1-11(2,16-7-5-9(14)12-3)17-8-6-10(15)13-4/h5-8H2,1-4H3,(H,12,14)(H,13,15). The molecule has 0 unspecified atom stereocenters. The van der Waals surface area contributed by atoms with Crippen molar-refractivity contribution in [2.24, 2.45) is 0 Å². The molecule has 0 heterocycles. The topological polar surface area (TPSA) is 58.2 Å². The van der Waals surface area contributed by atoms with E-state index in [1.165, 1.54) is 0 Å². The lowest BCUT2D eigenvalue weighted by Gasteiger charge is -2.23. The molecule has 0 aliphatic carbocycles. The molecule has 0 spiro atoms. The number of carbonyl (C=O) groups is 2. The molecule has 2 N–H and O–H groups in total. The van der Waals surface area contributed by atoms with Gasteiger partial charge in [-0.15, -0.1) is 23.5 Å². The number of hydrogen-bond acceptors (Lipinski definition) is 4. The molecular formula is C11H22N2O2S2. The van der Waals surface area contributed by atoms with Crippen LogP contribution < -0.4 is 10.6 Å². The van der Waals surface area contributed by atoms with Crippen LogP contribution in [0.4, 0.5) is 0 Å². The number of amides is 2. The number of carbonyl (C=O) groups excluding carboxylic acids is 2. The van der Waals surface area contributed by atoms with Gasteiger partial charge in [0, 0.05) is 38.4 Å². The molecule has 0 radical (unpaired) electrons. The van der Waals surface area contributed by atoms with Gasteiger partial charge in [0.25, 0.3) is 0 Å². The van der Waals surface area contributed by atoms with Gasteiger partial charge in [-0.05, 0) is 13.8 Å². The van der Waals surface area contributed by atoms with Crippen molar-refractivity contribution in [2.45, 2.75) is 30.8 Å². The summed E-state index contributed by atoms with van der Waals surface area (Å²) in [6.07, 6.45) is 1.08. The minimum atomic E-state index is 0.0437. The fraction of sp³-hybridized carbons (Fsp3) is 0.818. The van der Waals surface area contributed by atoms with Crippen LogP contribution in [0.25, 0.3) is 0 Å². The molecule has 0 aromatic rings. The van der Waals surface area contributed by atoms with E-state index in [1.807, 2.05) is 0 Å². The average Bonchev–Trinajstić information content (AvgIpc) is 2.27. The zero-order chi connectivity index (χ0) is 13.3. The first-order valence-electron chi connectivity index (χ1n) is 5.60. The Hall–Kier alpha value is -0.360. The average molecular weight is 278 g/mol. The molecule has 0 aromatic heterocycles. The predicted octanol–water partition coefficient (Wildman–Crippen LogP) is 1.46. The van der Waals surface area contributed by atoms with E-state index in [9.17, 15) is 9.59 Å². The highest BCUT2D eigenvalue weighted by atomic mass is 32.2. The summed E-state index contributed by atoms with van der Waals surface area (Å²) in [5.41, 5.74) is 0. The minimum Gasteiger partial charge on any atom is -0.359 e. The van der Waals surface area contributed by atoms with E-state index in [0.29, 0.717) is 12.8 Å². The Kier molecular flexibility index (Phi) is 8.51. The van der Waals surface area contributed by atoms with Crippen LogP contribution in [0.2, 0.25) is 0 Å². The van der Waals surface area contributed by atoms with Gasteiger partial charge in [-0.1, -0.05) is 0 Å². The van der Waals surface area contributed by atoms with Gasteiger partial charge in [-0.2, -0.15) is 0 Å². The second-order valence-electron chi connectivity index (χ2n) is 3.94. The van der Waals surface area contributed by atoms with E-state index in [0.717, 1.165) is 11.5 Å². The number of nitrogens with one attached hydrogen (secondary N) is 2. The molecule has 100 valence electrons. The van der Waals surface area contributed by atoms with Gasteiger partial charge in [-0.3, -0.25) is 9.59 Å². The molecule has 4 nitrogen and oxygen atoms in total. The predicted molar refractivity (Wildman–Crippen MR) is 76.4 cm³/mol. The third kappa shape index (κ3) is 9.35. The molecule has 2 amide bonds. The molecule has 0 aliphatic heterocycles. The van der Waals surface area contributed by atoms with E-state index >= 15 is 0 Å². The van der Waals surface area contributed by atoms with Crippen molar-refractivity contribution in [3.63, 3.8) is 0 Å². The molecule has 0 fully saturated rings. The van der Waals surface area contributed by atoms with E-state index < -0.39 is 0 Å². The van der Waals surface area contributed by atoms with Gasteiger partial charge >= 0.3 is 0 Å². The second kappa shape index (κ2) is 8.69. The van der Waals surface area contributed by atoms with Gasteiger partial charge in [0.1, 0.15) is 0 Å². The summed E-state index contributed by atoms with van der Waals surface area (Å²) in [5.74, 6) is 1.76. The molecule has 0 saturated carbocycles. The number of rotatable bonds is 8. The molecule has 0 bridgehead atoms. The summed E-state index contributed by atoms with van der Waals surface area (Å²) in [7, 11) is 3.30. The Morgan fingerprint density at radius 2 is 1.29 bits per heavy atom. The molecule has 6 heteroatoms. The Morgan fingerprint density at radius 1 is 0.941 bits per heavy atom. The van der Waals surface area contributed by atoms with Gasteiger partial charge in [0.2, 0.25) is 11.8 Å². The van der Waals surface area contributed by atoms with Crippen LogP contribution in [0.3, 0.4) is 0 Å². The van der Waals surface area contributed by atoms with Crippen LogP contribution in [0.5, 0.6) is 0 Å². The molecule has 0 aliphatic rings. The summed E-state index contributed by atoms with van der Waals surface area (Å²) in [5, 5.41) is 5.21. The maximum absolute atomic E-state index is 11.1. The smallest absolute Gasteiger partial charge is 0.220 e. The Bertz CT molecular complexity index is 234. The summed E-state index contributed by atoms with van der Waals surface area (Å²) >= 11 is 3.50. The minimum absolute atomic E-state index is 0.0437. The molecule has 0 aromatic carbocycles. The van der Waals surface area contributed by atoms with Crippen LogP contribution in [0.1, 0.15) is 26.7 Å². The van der Waals surface area contributed by atoms with Crippen LogP contribution in [-0.4, -0.2) is 41.5 Å². The lowest BCUT2D eigenvalue weighted by molar-refractivity contribution is -0.121.